The molecular weight excluding hydrogens is 236 g/mol. The van der Waals surface area contributed by atoms with E-state index in [0.29, 0.717) is 5.41 Å². The van der Waals surface area contributed by atoms with Crippen LogP contribution in [0.2, 0.25) is 0 Å². The molecule has 1 N–H and O–H groups in total. The number of nitrogens with zero attached hydrogens (tertiary/aromatic N) is 1. The van der Waals surface area contributed by atoms with Crippen molar-refractivity contribution >= 4 is 5.91 Å². The maximum absolute atomic E-state index is 12.5. The van der Waals surface area contributed by atoms with Crippen LogP contribution in [0.4, 0.5) is 0 Å². The van der Waals surface area contributed by atoms with Gasteiger partial charge in [-0.1, -0.05) is 17.7 Å². The monoisotopic (exact) mass is 258 g/mol. The number of benzene rings is 1. The van der Waals surface area contributed by atoms with Crippen LogP contribution in [0.1, 0.15) is 35.2 Å². The molecule has 0 unspecified atom stereocenters. The Morgan fingerprint density at radius 1 is 1.26 bits per heavy atom. The predicted octanol–water partition coefficient (Wildman–Crippen LogP) is 2.21. The molecule has 0 saturated carbocycles. The molecule has 2 saturated heterocycles. The quantitative estimate of drug-likeness (QED) is 0.837. The Kier molecular flexibility index (Phi) is 3.31. The van der Waals surface area contributed by atoms with E-state index in [0.717, 1.165) is 37.3 Å². The van der Waals surface area contributed by atoms with Crippen LogP contribution in [-0.2, 0) is 0 Å². The predicted molar refractivity (Wildman–Crippen MR) is 76.2 cm³/mol. The molecule has 19 heavy (non-hydrogen) atoms. The van der Waals surface area contributed by atoms with Crippen molar-refractivity contribution in [2.45, 2.75) is 26.2 Å². The molecule has 1 spiro atoms. The third kappa shape index (κ3) is 2.52. The van der Waals surface area contributed by atoms with E-state index < -0.39 is 0 Å². The van der Waals surface area contributed by atoms with Crippen LogP contribution < -0.4 is 5.32 Å². The zero-order chi connectivity index (χ0) is 13.3. The fourth-order valence-electron chi connectivity index (χ4n) is 3.43. The number of hydrogen-bond acceptors (Lipinski definition) is 2. The molecule has 1 aromatic rings. The van der Waals surface area contributed by atoms with Crippen LogP contribution >= 0.6 is 0 Å². The smallest absolute Gasteiger partial charge is 0.253 e. The maximum Gasteiger partial charge on any atom is 0.253 e. The number of carbonyl (C=O) groups is 1. The van der Waals surface area contributed by atoms with Gasteiger partial charge in [0, 0.05) is 18.7 Å². The molecule has 1 aromatic carbocycles. The molecule has 1 amide bonds. The molecule has 0 atom stereocenters. The largest absolute Gasteiger partial charge is 0.338 e. The average molecular weight is 258 g/mol. The van der Waals surface area contributed by atoms with Crippen molar-refractivity contribution in [2.24, 2.45) is 5.41 Å². The van der Waals surface area contributed by atoms with Gasteiger partial charge in [0.05, 0.1) is 0 Å². The van der Waals surface area contributed by atoms with Gasteiger partial charge in [-0.3, -0.25) is 4.79 Å². The summed E-state index contributed by atoms with van der Waals surface area (Å²) in [4.78, 5) is 14.6. The molecule has 2 aliphatic rings. The SMILES string of the molecule is Cc1cccc(C(=O)N2CCC3(CCNCC3)C2)c1. The maximum atomic E-state index is 12.5. The Bertz CT molecular complexity index is 477. The third-order valence-corrected chi connectivity index (χ3v) is 4.65. The summed E-state index contributed by atoms with van der Waals surface area (Å²) in [5, 5.41) is 3.42. The molecule has 0 aromatic heterocycles. The van der Waals surface area contributed by atoms with Gasteiger partial charge in [-0.15, -0.1) is 0 Å². The lowest BCUT2D eigenvalue weighted by atomic mass is 9.78. The van der Waals surface area contributed by atoms with E-state index in [-0.39, 0.29) is 5.91 Å². The van der Waals surface area contributed by atoms with E-state index in [1.807, 2.05) is 31.2 Å². The molecule has 3 nitrogen and oxygen atoms in total. The normalized spacial score (nSPS) is 21.8. The molecule has 3 rings (SSSR count). The number of likely N-dealkylation sites (tertiary alicyclic amines) is 1. The lowest BCUT2D eigenvalue weighted by Gasteiger charge is -2.33. The number of piperidine rings is 1. The van der Waals surface area contributed by atoms with Gasteiger partial charge in [0.2, 0.25) is 0 Å². The summed E-state index contributed by atoms with van der Waals surface area (Å²) >= 11 is 0. The fourth-order valence-corrected chi connectivity index (χ4v) is 3.43. The van der Waals surface area contributed by atoms with Gasteiger partial charge in [0.1, 0.15) is 0 Å². The number of carbonyl (C=O) groups excluding carboxylic acids is 1. The topological polar surface area (TPSA) is 32.3 Å². The zero-order valence-corrected chi connectivity index (χ0v) is 11.6. The Morgan fingerprint density at radius 2 is 2.05 bits per heavy atom. The minimum Gasteiger partial charge on any atom is -0.338 e. The molecule has 2 aliphatic heterocycles. The number of rotatable bonds is 1. The highest BCUT2D eigenvalue weighted by Gasteiger charge is 2.40. The number of amides is 1. The van der Waals surface area contributed by atoms with Gasteiger partial charge < -0.3 is 10.2 Å². The van der Waals surface area contributed by atoms with Crippen molar-refractivity contribution in [3.05, 3.63) is 35.4 Å². The molecule has 0 radical (unpaired) electrons. The fraction of sp³-hybridized carbons (Fsp3) is 0.562. The van der Waals surface area contributed by atoms with Gasteiger partial charge in [0.25, 0.3) is 5.91 Å². The summed E-state index contributed by atoms with van der Waals surface area (Å²) in [6.45, 7) is 6.11. The first-order valence-corrected chi connectivity index (χ1v) is 7.25. The second-order valence-electron chi connectivity index (χ2n) is 6.10. The van der Waals surface area contributed by atoms with Crippen molar-refractivity contribution in [1.29, 1.82) is 0 Å². The number of aryl methyl sites for hydroxylation is 1. The van der Waals surface area contributed by atoms with Gasteiger partial charge >= 0.3 is 0 Å². The first kappa shape index (κ1) is 12.7. The van der Waals surface area contributed by atoms with Gasteiger partial charge in [-0.05, 0) is 56.8 Å². The summed E-state index contributed by atoms with van der Waals surface area (Å²) in [5.74, 6) is 0.208. The van der Waals surface area contributed by atoms with Crippen LogP contribution in [0.15, 0.2) is 24.3 Å². The lowest BCUT2D eigenvalue weighted by Crippen LogP contribution is -2.39. The Morgan fingerprint density at radius 3 is 2.79 bits per heavy atom. The van der Waals surface area contributed by atoms with E-state index in [4.69, 9.17) is 0 Å². The van der Waals surface area contributed by atoms with Crippen LogP contribution in [0.5, 0.6) is 0 Å². The first-order valence-electron chi connectivity index (χ1n) is 7.25. The summed E-state index contributed by atoms with van der Waals surface area (Å²) < 4.78 is 0. The molecule has 0 aliphatic carbocycles. The van der Waals surface area contributed by atoms with Crippen LogP contribution in [0, 0.1) is 12.3 Å². The van der Waals surface area contributed by atoms with E-state index in [9.17, 15) is 4.79 Å². The van der Waals surface area contributed by atoms with Crippen LogP contribution in [0.3, 0.4) is 0 Å². The zero-order valence-electron chi connectivity index (χ0n) is 11.6. The van der Waals surface area contributed by atoms with Crippen LogP contribution in [-0.4, -0.2) is 37.0 Å². The second-order valence-corrected chi connectivity index (χ2v) is 6.10. The second kappa shape index (κ2) is 4.97. The van der Waals surface area contributed by atoms with Crippen molar-refractivity contribution < 1.29 is 4.79 Å². The lowest BCUT2D eigenvalue weighted by molar-refractivity contribution is 0.0761. The van der Waals surface area contributed by atoms with E-state index in [1.165, 1.54) is 19.3 Å². The third-order valence-electron chi connectivity index (χ3n) is 4.65. The van der Waals surface area contributed by atoms with Gasteiger partial charge in [-0.2, -0.15) is 0 Å². The highest BCUT2D eigenvalue weighted by atomic mass is 16.2. The first-order chi connectivity index (χ1) is 9.19. The molecular formula is C16H22N2O. The summed E-state index contributed by atoms with van der Waals surface area (Å²) in [6.07, 6.45) is 3.60. The van der Waals surface area contributed by atoms with Crippen molar-refractivity contribution in [3.63, 3.8) is 0 Å². The summed E-state index contributed by atoms with van der Waals surface area (Å²) in [5.41, 5.74) is 2.39. The van der Waals surface area contributed by atoms with E-state index in [1.54, 1.807) is 0 Å². The van der Waals surface area contributed by atoms with Gasteiger partial charge in [0.15, 0.2) is 0 Å². The summed E-state index contributed by atoms with van der Waals surface area (Å²) in [6, 6.07) is 7.94. The minimum absolute atomic E-state index is 0.208. The Balaban J connectivity index is 1.72. The standard InChI is InChI=1S/C16H22N2O/c1-13-3-2-4-14(11-13)15(19)18-10-7-16(12-18)5-8-17-9-6-16/h2-4,11,17H,5-10,12H2,1H3. The number of hydrogen-bond donors (Lipinski definition) is 1. The molecule has 0 bridgehead atoms. The van der Waals surface area contributed by atoms with E-state index in [2.05, 4.69) is 10.2 Å². The minimum atomic E-state index is 0.208. The Labute approximate surface area is 115 Å². The highest BCUT2D eigenvalue weighted by Crippen LogP contribution is 2.38. The molecule has 2 fully saturated rings. The van der Waals surface area contributed by atoms with Gasteiger partial charge in [-0.25, -0.2) is 0 Å². The Hall–Kier alpha value is -1.35. The van der Waals surface area contributed by atoms with E-state index >= 15 is 0 Å². The molecule has 102 valence electrons. The highest BCUT2D eigenvalue weighted by molar-refractivity contribution is 5.94. The van der Waals surface area contributed by atoms with Crippen molar-refractivity contribution in [3.8, 4) is 0 Å². The van der Waals surface area contributed by atoms with Crippen molar-refractivity contribution in [1.82, 2.24) is 10.2 Å². The van der Waals surface area contributed by atoms with Crippen LogP contribution in [0.25, 0.3) is 0 Å². The molecule has 2 heterocycles. The van der Waals surface area contributed by atoms with Crippen molar-refractivity contribution in [2.75, 3.05) is 26.2 Å². The number of nitrogens with one attached hydrogen (secondary N) is 1. The summed E-state index contributed by atoms with van der Waals surface area (Å²) in [7, 11) is 0. The molecule has 3 heteroatoms. The average Bonchev–Trinajstić information content (AvgIpc) is 2.82.